The monoisotopic (exact) mass is 415 g/mol. The highest BCUT2D eigenvalue weighted by molar-refractivity contribution is 6.55. The van der Waals surface area contributed by atoms with Gasteiger partial charge in [0, 0.05) is 18.7 Å². The highest BCUT2D eigenvalue weighted by Crippen LogP contribution is 2.37. The first kappa shape index (κ1) is 21.2. The Kier molecular flexibility index (Phi) is 11.0. The maximum atomic E-state index is 8.20. The number of oxime groups is 1. The standard InChI is InChI=1S/C15H17Cl4NO4/c16-12-9-11(23-7-3-14(18)19)10-13(17)15(12)24-6-2-1-5-22-8-4-20-21/h3-4,9-10,21H,1-2,5-8H2/b20-4+. The summed E-state index contributed by atoms with van der Waals surface area (Å²) >= 11 is 23.3. The van der Waals surface area contributed by atoms with Crippen LogP contribution >= 0.6 is 46.4 Å². The van der Waals surface area contributed by atoms with E-state index in [4.69, 9.17) is 65.8 Å². The van der Waals surface area contributed by atoms with Crippen molar-refractivity contribution in [3.05, 3.63) is 32.7 Å². The molecule has 0 heterocycles. The minimum Gasteiger partial charge on any atom is -0.490 e. The van der Waals surface area contributed by atoms with Crippen molar-refractivity contribution >= 4 is 52.6 Å². The lowest BCUT2D eigenvalue weighted by molar-refractivity contribution is 0.160. The lowest BCUT2D eigenvalue weighted by atomic mass is 10.3. The van der Waals surface area contributed by atoms with Gasteiger partial charge in [-0.15, -0.1) is 0 Å². The molecule has 0 aliphatic carbocycles. The SMILES string of the molecule is O/N=C/COCCCCOc1c(Cl)cc(OCC=C(Cl)Cl)cc1Cl. The molecule has 0 spiro atoms. The van der Waals surface area contributed by atoms with Gasteiger partial charge in [0.05, 0.1) is 29.5 Å². The lowest BCUT2D eigenvalue weighted by Crippen LogP contribution is -2.03. The van der Waals surface area contributed by atoms with E-state index in [-0.39, 0.29) is 17.7 Å². The maximum Gasteiger partial charge on any atom is 0.156 e. The van der Waals surface area contributed by atoms with E-state index in [1.165, 1.54) is 12.3 Å². The van der Waals surface area contributed by atoms with E-state index in [0.29, 0.717) is 34.8 Å². The van der Waals surface area contributed by atoms with E-state index in [1.807, 2.05) is 0 Å². The predicted octanol–water partition coefficient (Wildman–Crippen LogP) is 5.33. The first-order valence-electron chi connectivity index (χ1n) is 7.04. The highest BCUT2D eigenvalue weighted by atomic mass is 35.5. The number of hydrogen-bond donors (Lipinski definition) is 1. The molecule has 1 aromatic rings. The second-order valence-electron chi connectivity index (χ2n) is 4.45. The molecule has 0 radical (unpaired) electrons. The molecule has 5 nitrogen and oxygen atoms in total. The van der Waals surface area contributed by atoms with Gasteiger partial charge in [0.2, 0.25) is 0 Å². The zero-order valence-corrected chi connectivity index (χ0v) is 15.7. The second kappa shape index (κ2) is 12.5. The summed E-state index contributed by atoms with van der Waals surface area (Å²) in [5.41, 5.74) is 0. The van der Waals surface area contributed by atoms with Crippen LogP contribution in [0.5, 0.6) is 11.5 Å². The Morgan fingerprint density at radius 3 is 2.33 bits per heavy atom. The van der Waals surface area contributed by atoms with E-state index in [0.717, 1.165) is 12.8 Å². The summed E-state index contributed by atoms with van der Waals surface area (Å²) in [4.78, 5) is 0. The molecule has 0 aliphatic heterocycles. The Hall–Kier alpha value is -0.850. The van der Waals surface area contributed by atoms with E-state index >= 15 is 0 Å². The van der Waals surface area contributed by atoms with Gasteiger partial charge in [0.15, 0.2) is 5.75 Å². The molecular formula is C15H17Cl4NO4. The molecule has 24 heavy (non-hydrogen) atoms. The number of benzene rings is 1. The van der Waals surface area contributed by atoms with Crippen LogP contribution in [0.2, 0.25) is 10.0 Å². The van der Waals surface area contributed by atoms with Crippen LogP contribution in [0.25, 0.3) is 0 Å². The third kappa shape index (κ3) is 8.85. The molecule has 0 atom stereocenters. The van der Waals surface area contributed by atoms with Crippen molar-refractivity contribution in [3.8, 4) is 11.5 Å². The zero-order chi connectivity index (χ0) is 17.8. The number of halogens is 4. The fourth-order valence-electron chi connectivity index (χ4n) is 1.61. The molecule has 1 rings (SSSR count). The van der Waals surface area contributed by atoms with Crippen LogP contribution in [0.15, 0.2) is 27.9 Å². The molecule has 0 unspecified atom stereocenters. The largest absolute Gasteiger partial charge is 0.490 e. The number of rotatable bonds is 11. The topological polar surface area (TPSA) is 60.3 Å². The van der Waals surface area contributed by atoms with Gasteiger partial charge in [-0.3, -0.25) is 0 Å². The summed E-state index contributed by atoms with van der Waals surface area (Å²) in [7, 11) is 0. The molecule has 0 bridgehead atoms. The molecule has 0 aliphatic rings. The van der Waals surface area contributed by atoms with Gasteiger partial charge in [-0.05, 0) is 18.9 Å². The molecule has 0 saturated carbocycles. The van der Waals surface area contributed by atoms with Crippen LogP contribution in [0.4, 0.5) is 0 Å². The van der Waals surface area contributed by atoms with Gasteiger partial charge < -0.3 is 19.4 Å². The minimum atomic E-state index is 0.125. The Morgan fingerprint density at radius 2 is 1.71 bits per heavy atom. The first-order valence-corrected chi connectivity index (χ1v) is 8.55. The van der Waals surface area contributed by atoms with Gasteiger partial charge in [-0.25, -0.2) is 0 Å². The fraction of sp³-hybridized carbons (Fsp3) is 0.400. The molecule has 0 aromatic heterocycles. The molecular weight excluding hydrogens is 400 g/mol. The van der Waals surface area contributed by atoms with Crippen LogP contribution in [-0.4, -0.2) is 37.8 Å². The fourth-order valence-corrected chi connectivity index (χ4v) is 2.31. The summed E-state index contributed by atoms with van der Waals surface area (Å²) in [5.74, 6) is 0.895. The van der Waals surface area contributed by atoms with Crippen molar-refractivity contribution in [1.29, 1.82) is 0 Å². The quantitative estimate of drug-likeness (QED) is 0.229. The van der Waals surface area contributed by atoms with Crippen LogP contribution in [0.1, 0.15) is 12.8 Å². The van der Waals surface area contributed by atoms with E-state index in [9.17, 15) is 0 Å². The normalized spacial score (nSPS) is 10.8. The van der Waals surface area contributed by atoms with Gasteiger partial charge in [0.1, 0.15) is 16.8 Å². The maximum absolute atomic E-state index is 8.20. The summed E-state index contributed by atoms with van der Waals surface area (Å²) in [5, 5.41) is 11.7. The van der Waals surface area contributed by atoms with E-state index in [1.54, 1.807) is 12.1 Å². The molecule has 9 heteroatoms. The minimum absolute atomic E-state index is 0.125. The summed E-state index contributed by atoms with van der Waals surface area (Å²) in [6.07, 6.45) is 4.34. The van der Waals surface area contributed by atoms with Crippen molar-refractivity contribution in [1.82, 2.24) is 0 Å². The number of unbranched alkanes of at least 4 members (excludes halogenated alkanes) is 1. The third-order valence-electron chi connectivity index (χ3n) is 2.66. The van der Waals surface area contributed by atoms with Crippen molar-refractivity contribution in [2.75, 3.05) is 26.4 Å². The summed E-state index contributed by atoms with van der Waals surface area (Å²) in [6.45, 7) is 1.47. The van der Waals surface area contributed by atoms with Crippen molar-refractivity contribution in [2.24, 2.45) is 5.16 Å². The molecule has 134 valence electrons. The van der Waals surface area contributed by atoms with E-state index < -0.39 is 0 Å². The Bertz CT molecular complexity index is 539. The van der Waals surface area contributed by atoms with Crippen molar-refractivity contribution < 1.29 is 19.4 Å². The highest BCUT2D eigenvalue weighted by Gasteiger charge is 2.10. The molecule has 1 aromatic carbocycles. The predicted molar refractivity (Wildman–Crippen MR) is 97.6 cm³/mol. The molecule has 1 N–H and O–H groups in total. The second-order valence-corrected chi connectivity index (χ2v) is 6.27. The number of nitrogens with zero attached hydrogens (tertiary/aromatic N) is 1. The molecule has 0 fully saturated rings. The smallest absolute Gasteiger partial charge is 0.156 e. The first-order chi connectivity index (χ1) is 11.5. The average Bonchev–Trinajstić information content (AvgIpc) is 2.51. The van der Waals surface area contributed by atoms with Crippen molar-refractivity contribution in [2.45, 2.75) is 12.8 Å². The molecule has 0 amide bonds. The summed E-state index contributed by atoms with van der Waals surface area (Å²) < 4.78 is 16.3. The van der Waals surface area contributed by atoms with Crippen LogP contribution in [-0.2, 0) is 4.74 Å². The summed E-state index contributed by atoms with van der Waals surface area (Å²) in [6, 6.07) is 3.21. The van der Waals surface area contributed by atoms with Gasteiger partial charge >= 0.3 is 0 Å². The molecule has 0 saturated heterocycles. The van der Waals surface area contributed by atoms with E-state index in [2.05, 4.69) is 5.16 Å². The van der Waals surface area contributed by atoms with Crippen LogP contribution in [0, 0.1) is 0 Å². The Balaban J connectivity index is 2.39. The number of hydrogen-bond acceptors (Lipinski definition) is 5. The number of ether oxygens (including phenoxy) is 3. The van der Waals surface area contributed by atoms with Gasteiger partial charge in [-0.1, -0.05) is 51.6 Å². The van der Waals surface area contributed by atoms with Gasteiger partial charge in [0.25, 0.3) is 0 Å². The van der Waals surface area contributed by atoms with Crippen molar-refractivity contribution in [3.63, 3.8) is 0 Å². The zero-order valence-electron chi connectivity index (χ0n) is 12.7. The lowest BCUT2D eigenvalue weighted by Gasteiger charge is -2.12. The third-order valence-corrected chi connectivity index (χ3v) is 3.53. The average molecular weight is 417 g/mol. The van der Waals surface area contributed by atoms with Crippen LogP contribution in [0.3, 0.4) is 0 Å². The van der Waals surface area contributed by atoms with Crippen LogP contribution < -0.4 is 9.47 Å². The Labute approximate surface area is 160 Å². The van der Waals surface area contributed by atoms with Gasteiger partial charge in [-0.2, -0.15) is 0 Å². The Morgan fingerprint density at radius 1 is 1.04 bits per heavy atom.